The van der Waals surface area contributed by atoms with E-state index >= 15 is 0 Å². The molecule has 2 amide bonds. The molecule has 0 spiro atoms. The van der Waals surface area contributed by atoms with E-state index in [2.05, 4.69) is 5.32 Å². The lowest BCUT2D eigenvalue weighted by Gasteiger charge is -2.37. The van der Waals surface area contributed by atoms with Crippen molar-refractivity contribution < 1.29 is 22.8 Å². The molecule has 2 aliphatic heterocycles. The molecule has 1 unspecified atom stereocenters. The van der Waals surface area contributed by atoms with Crippen LogP contribution in [0.4, 0.5) is 13.2 Å². The molecule has 182 valence electrons. The number of nitrogens with zero attached hydrogens (tertiary/aromatic N) is 2. The zero-order valence-electron chi connectivity index (χ0n) is 19.1. The minimum absolute atomic E-state index is 0.0903. The Hall–Kier alpha value is -2.09. The molecular formula is C25H34F3N3O2. The van der Waals surface area contributed by atoms with Gasteiger partial charge in [0.1, 0.15) is 0 Å². The predicted molar refractivity (Wildman–Crippen MR) is 119 cm³/mol. The van der Waals surface area contributed by atoms with E-state index in [1.807, 2.05) is 35.2 Å². The van der Waals surface area contributed by atoms with E-state index in [1.165, 1.54) is 6.42 Å². The molecule has 0 aromatic heterocycles. The van der Waals surface area contributed by atoms with Gasteiger partial charge in [0.25, 0.3) is 0 Å². The zero-order valence-corrected chi connectivity index (χ0v) is 19.1. The van der Waals surface area contributed by atoms with Crippen molar-refractivity contribution in [2.75, 3.05) is 26.2 Å². The van der Waals surface area contributed by atoms with Crippen LogP contribution in [0.25, 0.3) is 0 Å². The maximum atomic E-state index is 14.2. The minimum atomic E-state index is -4.61. The van der Waals surface area contributed by atoms with Crippen molar-refractivity contribution in [3.8, 4) is 0 Å². The molecular weight excluding hydrogens is 431 g/mol. The number of piperidine rings is 1. The number of carbonyl (C=O) groups excluding carboxylic acids is 2. The van der Waals surface area contributed by atoms with Gasteiger partial charge in [0.05, 0.1) is 0 Å². The van der Waals surface area contributed by atoms with Crippen LogP contribution in [0.15, 0.2) is 30.3 Å². The van der Waals surface area contributed by atoms with E-state index < -0.39 is 17.5 Å². The Balaban J connectivity index is 1.33. The summed E-state index contributed by atoms with van der Waals surface area (Å²) in [5.41, 5.74) is -1.44. The number of hydrogen-bond acceptors (Lipinski definition) is 3. The standard InChI is InChI=1S/C25H34F3N3O2/c26-25(27,28)24(13-16-30(18-24)17-19-7-3-1-4-8-19)23(33)29-21-11-14-31(15-12-21)22(32)20-9-5-2-6-10-20/h1,3-4,7-8,20-21H,2,5-6,9-18H2,(H,29,33). The van der Waals surface area contributed by atoms with E-state index in [9.17, 15) is 22.8 Å². The molecule has 2 heterocycles. The first kappa shape index (κ1) is 24.0. The molecule has 1 atom stereocenters. The van der Waals surface area contributed by atoms with E-state index in [-0.39, 0.29) is 37.4 Å². The molecule has 1 aromatic carbocycles. The maximum absolute atomic E-state index is 14.2. The highest BCUT2D eigenvalue weighted by Crippen LogP contribution is 2.46. The van der Waals surface area contributed by atoms with Gasteiger partial charge in [-0.1, -0.05) is 49.6 Å². The SMILES string of the molecule is O=C(C1CCCCC1)N1CCC(NC(=O)C2(C(F)(F)F)CCN(Cc3ccccc3)C2)CC1. The summed E-state index contributed by atoms with van der Waals surface area (Å²) in [5, 5.41) is 2.71. The van der Waals surface area contributed by atoms with Crippen LogP contribution < -0.4 is 5.32 Å². The average Bonchev–Trinajstić information content (AvgIpc) is 3.26. The van der Waals surface area contributed by atoms with Crippen molar-refractivity contribution in [3.05, 3.63) is 35.9 Å². The quantitative estimate of drug-likeness (QED) is 0.712. The number of nitrogens with one attached hydrogen (secondary N) is 1. The monoisotopic (exact) mass is 465 g/mol. The largest absolute Gasteiger partial charge is 0.404 e. The number of halogens is 3. The first-order chi connectivity index (χ1) is 15.8. The number of amides is 2. The molecule has 5 nitrogen and oxygen atoms in total. The van der Waals surface area contributed by atoms with Crippen LogP contribution >= 0.6 is 0 Å². The summed E-state index contributed by atoms with van der Waals surface area (Å²) < 4.78 is 42.5. The number of hydrogen-bond donors (Lipinski definition) is 1. The fourth-order valence-electron chi connectivity index (χ4n) is 5.59. The van der Waals surface area contributed by atoms with Gasteiger partial charge in [-0.3, -0.25) is 14.5 Å². The zero-order chi connectivity index (χ0) is 23.5. The van der Waals surface area contributed by atoms with Crippen LogP contribution in [0.2, 0.25) is 0 Å². The lowest BCUT2D eigenvalue weighted by Crippen LogP contribution is -2.56. The van der Waals surface area contributed by atoms with Crippen LogP contribution in [0.5, 0.6) is 0 Å². The highest BCUT2D eigenvalue weighted by Gasteiger charge is 2.63. The molecule has 2 saturated heterocycles. The predicted octanol–water partition coefficient (Wildman–Crippen LogP) is 4.13. The third-order valence-electron chi connectivity index (χ3n) is 7.67. The fraction of sp³-hybridized carbons (Fsp3) is 0.680. The summed E-state index contributed by atoms with van der Waals surface area (Å²) in [4.78, 5) is 29.3. The lowest BCUT2D eigenvalue weighted by molar-refractivity contribution is -0.218. The van der Waals surface area contributed by atoms with Crippen LogP contribution in [0.1, 0.15) is 56.9 Å². The third-order valence-corrected chi connectivity index (χ3v) is 7.67. The summed E-state index contributed by atoms with van der Waals surface area (Å²) in [7, 11) is 0. The molecule has 1 N–H and O–H groups in total. The van der Waals surface area contributed by atoms with Gasteiger partial charge in [-0.25, -0.2) is 0 Å². The highest BCUT2D eigenvalue weighted by molar-refractivity contribution is 5.84. The highest BCUT2D eigenvalue weighted by atomic mass is 19.4. The Morgan fingerprint density at radius 3 is 2.27 bits per heavy atom. The van der Waals surface area contributed by atoms with Crippen molar-refractivity contribution in [1.29, 1.82) is 0 Å². The van der Waals surface area contributed by atoms with Gasteiger partial charge >= 0.3 is 6.18 Å². The first-order valence-electron chi connectivity index (χ1n) is 12.2. The van der Waals surface area contributed by atoms with Gasteiger partial charge in [0.2, 0.25) is 11.8 Å². The molecule has 4 rings (SSSR count). The topological polar surface area (TPSA) is 52.7 Å². The Kier molecular flexibility index (Phi) is 7.31. The number of carbonyl (C=O) groups is 2. The number of likely N-dealkylation sites (tertiary alicyclic amines) is 2. The van der Waals surface area contributed by atoms with E-state index in [0.717, 1.165) is 31.2 Å². The normalized spacial score (nSPS) is 25.8. The molecule has 33 heavy (non-hydrogen) atoms. The smallest absolute Gasteiger partial charge is 0.352 e. The molecule has 1 aliphatic carbocycles. The number of rotatable bonds is 5. The lowest BCUT2D eigenvalue weighted by atomic mass is 9.84. The Bertz CT molecular complexity index is 818. The molecule has 8 heteroatoms. The second-order valence-electron chi connectivity index (χ2n) is 9.93. The second kappa shape index (κ2) is 10.0. The van der Waals surface area contributed by atoms with Gasteiger partial charge in [0.15, 0.2) is 5.41 Å². The third kappa shape index (κ3) is 5.36. The van der Waals surface area contributed by atoms with Crippen LogP contribution in [-0.4, -0.2) is 60.0 Å². The van der Waals surface area contributed by atoms with Crippen LogP contribution in [0, 0.1) is 11.3 Å². The van der Waals surface area contributed by atoms with Gasteiger partial charge in [-0.2, -0.15) is 13.2 Å². The molecule has 1 aromatic rings. The summed E-state index contributed by atoms with van der Waals surface area (Å²) in [6.07, 6.45) is 1.40. The summed E-state index contributed by atoms with van der Waals surface area (Å²) in [6, 6.07) is 9.04. The van der Waals surface area contributed by atoms with Crippen molar-refractivity contribution in [2.24, 2.45) is 11.3 Å². The Labute approximate surface area is 193 Å². The van der Waals surface area contributed by atoms with Crippen LogP contribution in [-0.2, 0) is 16.1 Å². The average molecular weight is 466 g/mol. The number of alkyl halides is 3. The molecule has 3 fully saturated rings. The first-order valence-corrected chi connectivity index (χ1v) is 12.2. The van der Waals surface area contributed by atoms with Crippen molar-refractivity contribution in [3.63, 3.8) is 0 Å². The summed E-state index contributed by atoms with van der Waals surface area (Å²) in [6.45, 7) is 1.30. The number of benzene rings is 1. The van der Waals surface area contributed by atoms with E-state index in [1.54, 1.807) is 4.90 Å². The summed E-state index contributed by atoms with van der Waals surface area (Å²) in [5.74, 6) is -0.645. The van der Waals surface area contributed by atoms with Crippen molar-refractivity contribution in [1.82, 2.24) is 15.1 Å². The van der Waals surface area contributed by atoms with E-state index in [4.69, 9.17) is 0 Å². The fourth-order valence-corrected chi connectivity index (χ4v) is 5.59. The van der Waals surface area contributed by atoms with Crippen molar-refractivity contribution in [2.45, 2.75) is 70.1 Å². The van der Waals surface area contributed by atoms with Crippen LogP contribution in [0.3, 0.4) is 0 Å². The van der Waals surface area contributed by atoms with Gasteiger partial charge in [-0.05, 0) is 44.2 Å². The second-order valence-corrected chi connectivity index (χ2v) is 9.93. The minimum Gasteiger partial charge on any atom is -0.352 e. The Morgan fingerprint density at radius 2 is 1.64 bits per heavy atom. The van der Waals surface area contributed by atoms with Crippen molar-refractivity contribution >= 4 is 11.8 Å². The maximum Gasteiger partial charge on any atom is 0.404 e. The molecule has 3 aliphatic rings. The van der Waals surface area contributed by atoms with Gasteiger partial charge in [0, 0.05) is 38.1 Å². The Morgan fingerprint density at radius 1 is 0.970 bits per heavy atom. The molecule has 1 saturated carbocycles. The van der Waals surface area contributed by atoms with Gasteiger partial charge in [-0.15, -0.1) is 0 Å². The van der Waals surface area contributed by atoms with Gasteiger partial charge < -0.3 is 10.2 Å². The summed E-state index contributed by atoms with van der Waals surface area (Å²) >= 11 is 0. The van der Waals surface area contributed by atoms with E-state index in [0.29, 0.717) is 32.5 Å². The molecule has 0 bridgehead atoms. The molecule has 0 radical (unpaired) electrons.